The summed E-state index contributed by atoms with van der Waals surface area (Å²) in [6, 6.07) is -11.9. The van der Waals surface area contributed by atoms with Crippen molar-refractivity contribution in [2.24, 2.45) is 40.7 Å². The van der Waals surface area contributed by atoms with Crippen LogP contribution in [0.25, 0.3) is 0 Å². The van der Waals surface area contributed by atoms with Crippen LogP contribution in [0.15, 0.2) is 12.5 Å². The molecule has 418 valence electrons. The van der Waals surface area contributed by atoms with Crippen LogP contribution in [0.4, 0.5) is 0 Å². The number of nitrogens with two attached hydrogens (primary N) is 4. The van der Waals surface area contributed by atoms with E-state index in [9.17, 15) is 57.8 Å². The highest BCUT2D eigenvalue weighted by Gasteiger charge is 2.37. The fourth-order valence-corrected chi connectivity index (χ4v) is 7.78. The number of thioether (sulfide) groups is 1. The number of hydrogen-bond acceptors (Lipinski definition) is 15. The highest BCUT2D eigenvalue weighted by Crippen LogP contribution is 2.15. The second-order valence-corrected chi connectivity index (χ2v) is 19.9. The van der Waals surface area contributed by atoms with Crippen molar-refractivity contribution in [1.82, 2.24) is 52.5 Å². The number of aliphatic carboxylic acids is 1. The highest BCUT2D eigenvalue weighted by atomic mass is 32.2. The number of carboxylic acids is 1. The molecule has 27 heteroatoms. The SMILES string of the molecule is CC[C@H](C)[C@H](NC(=O)[C@H](Cc1cnc[nH]1)NC(=O)[C@H](CC(C)C)NC(=O)[C@H](CC(N)=O)NC(=O)[C@@H](NC(=O)[C@H](CCSC)NC(=O)[C@H](C)N)[C@@H](C)CC)C(=O)N[C@@H](CCC(N)=O)C(=O)N[C@@H](CCCCN)C(=O)O. The molecular formula is C47H82N14O12S. The van der Waals surface area contributed by atoms with Crippen LogP contribution in [0.3, 0.4) is 0 Å². The van der Waals surface area contributed by atoms with Crippen molar-refractivity contribution in [2.75, 3.05) is 18.6 Å². The van der Waals surface area contributed by atoms with Gasteiger partial charge in [-0.05, 0) is 81.8 Å². The Morgan fingerprint density at radius 1 is 0.608 bits per heavy atom. The lowest BCUT2D eigenvalue weighted by Crippen LogP contribution is -2.62. The molecule has 0 aliphatic carbocycles. The Bertz CT molecular complexity index is 2030. The van der Waals surface area contributed by atoms with Crippen LogP contribution < -0.4 is 65.5 Å². The van der Waals surface area contributed by atoms with Crippen LogP contribution >= 0.6 is 11.8 Å². The smallest absolute Gasteiger partial charge is 0.326 e. The molecule has 26 nitrogen and oxygen atoms in total. The maximum Gasteiger partial charge on any atom is 0.326 e. The van der Waals surface area contributed by atoms with Crippen molar-refractivity contribution < 1.29 is 57.8 Å². The summed E-state index contributed by atoms with van der Waals surface area (Å²) in [5, 5.41) is 30.4. The summed E-state index contributed by atoms with van der Waals surface area (Å²) in [5.41, 5.74) is 22.5. The van der Waals surface area contributed by atoms with Crippen LogP contribution in [0.1, 0.15) is 118 Å². The first-order valence-corrected chi connectivity index (χ1v) is 26.3. The van der Waals surface area contributed by atoms with E-state index >= 15 is 0 Å². The molecule has 0 saturated carbocycles. The molecule has 1 aromatic rings. The van der Waals surface area contributed by atoms with E-state index in [0.29, 0.717) is 43.7 Å². The average molecular weight is 1070 g/mol. The molecule has 11 atom stereocenters. The lowest BCUT2D eigenvalue weighted by atomic mass is 9.96. The molecule has 0 saturated heterocycles. The Morgan fingerprint density at radius 3 is 1.55 bits per heavy atom. The Balaban J connectivity index is 3.56. The van der Waals surface area contributed by atoms with Gasteiger partial charge in [0, 0.05) is 24.7 Å². The van der Waals surface area contributed by atoms with Crippen LogP contribution in [0, 0.1) is 17.8 Å². The standard InChI is InChI=1S/C47H82N14O12S/c1-9-25(5)37(45(70)55-29(14-15-35(50)62)40(65)56-31(47(72)73)13-11-12-17-48)61-44(69)33(20-28-22-52-23-53-28)58-42(67)32(19-24(3)4)57-43(68)34(21-36(51)63)59-46(71)38(26(6)10-2)60-41(66)30(16-18-74-8)54-39(64)27(7)49/h22-27,29-34,37-38H,9-21,48-49H2,1-8H3,(H2,50,62)(H2,51,63)(H,52,53)(H,54,64)(H,55,70)(H,56,65)(H,57,68)(H,58,67)(H,59,71)(H,60,66)(H,61,69)(H,72,73)/t25-,26-,27-,29-,30-,31-,32-,33-,34-,37-,38-/m0/s1. The predicted molar refractivity (Wildman–Crippen MR) is 276 cm³/mol. The first-order valence-electron chi connectivity index (χ1n) is 24.9. The van der Waals surface area contributed by atoms with E-state index < -0.39 is 138 Å². The number of unbranched alkanes of at least 4 members (excludes halogenated alkanes) is 1. The normalized spacial score (nSPS) is 15.7. The molecular weight excluding hydrogens is 985 g/mol. The number of H-pyrrole nitrogens is 1. The predicted octanol–water partition coefficient (Wildman–Crippen LogP) is -2.58. The summed E-state index contributed by atoms with van der Waals surface area (Å²) in [5.74, 6) is -10.7. The van der Waals surface area contributed by atoms with E-state index in [0.717, 1.165) is 0 Å². The quantitative estimate of drug-likeness (QED) is 0.0305. The largest absolute Gasteiger partial charge is 0.480 e. The number of aromatic nitrogens is 2. The van der Waals surface area contributed by atoms with Gasteiger partial charge in [-0.3, -0.25) is 47.9 Å². The number of carboxylic acid groups (broad SMARTS) is 1. The number of nitrogens with one attached hydrogen (secondary N) is 9. The van der Waals surface area contributed by atoms with Gasteiger partial charge in [-0.25, -0.2) is 9.78 Å². The molecule has 0 spiro atoms. The third-order valence-corrected chi connectivity index (χ3v) is 12.8. The number of carbonyl (C=O) groups excluding carboxylic acids is 10. The molecule has 0 aliphatic heterocycles. The number of rotatable bonds is 37. The Hall–Kier alpha value is -6.35. The first-order chi connectivity index (χ1) is 34.8. The summed E-state index contributed by atoms with van der Waals surface area (Å²) in [4.78, 5) is 153. The number of nitrogens with zero attached hydrogens (tertiary/aromatic N) is 1. The van der Waals surface area contributed by atoms with Gasteiger partial charge in [0.05, 0.1) is 18.8 Å². The molecule has 0 aliphatic rings. The van der Waals surface area contributed by atoms with Crippen LogP contribution in [-0.2, 0) is 59.2 Å². The second-order valence-electron chi connectivity index (χ2n) is 18.9. The number of hydrogen-bond donors (Lipinski definition) is 14. The summed E-state index contributed by atoms with van der Waals surface area (Å²) in [6.45, 7) is 12.1. The van der Waals surface area contributed by atoms with Gasteiger partial charge in [0.25, 0.3) is 0 Å². The van der Waals surface area contributed by atoms with Gasteiger partial charge in [0.2, 0.25) is 59.1 Å². The van der Waals surface area contributed by atoms with Gasteiger partial charge in [-0.1, -0.05) is 54.4 Å². The maximum absolute atomic E-state index is 14.3. The van der Waals surface area contributed by atoms with Gasteiger partial charge in [-0.15, -0.1) is 0 Å². The van der Waals surface area contributed by atoms with Gasteiger partial charge in [0.1, 0.15) is 48.3 Å². The lowest BCUT2D eigenvalue weighted by molar-refractivity contribution is -0.142. The van der Waals surface area contributed by atoms with E-state index in [1.807, 2.05) is 6.26 Å². The monoisotopic (exact) mass is 1070 g/mol. The number of imidazole rings is 1. The number of aromatic amines is 1. The maximum atomic E-state index is 14.3. The van der Waals surface area contributed by atoms with E-state index in [4.69, 9.17) is 22.9 Å². The topological polar surface area (TPSA) is 437 Å². The second kappa shape index (κ2) is 34.2. The van der Waals surface area contributed by atoms with E-state index in [2.05, 4.69) is 52.5 Å². The average Bonchev–Trinajstić information content (AvgIpc) is 3.85. The molecule has 1 rings (SSSR count). The summed E-state index contributed by atoms with van der Waals surface area (Å²) < 4.78 is 0. The summed E-state index contributed by atoms with van der Waals surface area (Å²) in [7, 11) is 0. The molecule has 0 bridgehead atoms. The minimum absolute atomic E-state index is 0.0221. The lowest BCUT2D eigenvalue weighted by Gasteiger charge is -2.30. The molecule has 0 aromatic carbocycles. The van der Waals surface area contributed by atoms with Crippen molar-refractivity contribution in [3.05, 3.63) is 18.2 Å². The minimum atomic E-state index is -1.66. The van der Waals surface area contributed by atoms with Crippen molar-refractivity contribution >= 4 is 76.8 Å². The molecule has 0 fully saturated rings. The number of primary amides is 2. The van der Waals surface area contributed by atoms with Crippen molar-refractivity contribution in [1.29, 1.82) is 0 Å². The molecule has 1 aromatic heterocycles. The van der Waals surface area contributed by atoms with Crippen molar-refractivity contribution in [3.8, 4) is 0 Å². The van der Waals surface area contributed by atoms with Crippen molar-refractivity contribution in [3.63, 3.8) is 0 Å². The molecule has 0 unspecified atom stereocenters. The Morgan fingerprint density at radius 2 is 1.08 bits per heavy atom. The van der Waals surface area contributed by atoms with E-state index in [1.54, 1.807) is 41.5 Å². The van der Waals surface area contributed by atoms with Crippen molar-refractivity contribution in [2.45, 2.75) is 173 Å². The van der Waals surface area contributed by atoms with Gasteiger partial charge >= 0.3 is 5.97 Å². The van der Waals surface area contributed by atoms with Gasteiger partial charge in [0.15, 0.2) is 0 Å². The van der Waals surface area contributed by atoms with Crippen LogP contribution in [0.2, 0.25) is 0 Å². The fraction of sp³-hybridized carbons (Fsp3) is 0.702. The number of amides is 10. The van der Waals surface area contributed by atoms with Gasteiger partial charge in [-0.2, -0.15) is 11.8 Å². The zero-order chi connectivity index (χ0) is 56.2. The molecule has 74 heavy (non-hydrogen) atoms. The third-order valence-electron chi connectivity index (χ3n) is 12.1. The molecule has 10 amide bonds. The van der Waals surface area contributed by atoms with E-state index in [1.165, 1.54) is 31.2 Å². The van der Waals surface area contributed by atoms with Crippen LogP contribution in [-0.4, -0.2) is 153 Å². The minimum Gasteiger partial charge on any atom is -0.480 e. The van der Waals surface area contributed by atoms with E-state index in [-0.39, 0.29) is 44.4 Å². The first kappa shape index (κ1) is 65.7. The highest BCUT2D eigenvalue weighted by molar-refractivity contribution is 7.98. The zero-order valence-electron chi connectivity index (χ0n) is 43.9. The van der Waals surface area contributed by atoms with Crippen LogP contribution in [0.5, 0.6) is 0 Å². The summed E-state index contributed by atoms with van der Waals surface area (Å²) in [6.07, 6.45) is 4.73. The Kier molecular flexibility index (Phi) is 30.3. The Labute approximate surface area is 436 Å². The zero-order valence-corrected chi connectivity index (χ0v) is 44.7. The van der Waals surface area contributed by atoms with Gasteiger partial charge < -0.3 is 75.6 Å². The molecule has 0 radical (unpaired) electrons. The third kappa shape index (κ3) is 24.1. The molecule has 1 heterocycles. The molecule has 18 N–H and O–H groups in total. The summed E-state index contributed by atoms with van der Waals surface area (Å²) >= 11 is 1.43. The number of carbonyl (C=O) groups is 11. The fourth-order valence-electron chi connectivity index (χ4n) is 7.30.